The topological polar surface area (TPSA) is 41.4 Å². The number of carbonyl (C=O) groups is 1. The second-order valence-corrected chi connectivity index (χ2v) is 9.42. The molecule has 1 aromatic heterocycles. The molecular formula is C23H31ClN4O. The summed E-state index contributed by atoms with van der Waals surface area (Å²) in [6.45, 7) is 10.4. The predicted molar refractivity (Wildman–Crippen MR) is 116 cm³/mol. The van der Waals surface area contributed by atoms with E-state index in [1.807, 2.05) is 23.1 Å². The third-order valence-corrected chi connectivity index (χ3v) is 6.09. The zero-order valence-electron chi connectivity index (χ0n) is 17.7. The van der Waals surface area contributed by atoms with Crippen molar-refractivity contribution in [2.24, 2.45) is 11.8 Å². The molecule has 1 aliphatic carbocycles. The molecule has 156 valence electrons. The van der Waals surface area contributed by atoms with Crippen LogP contribution in [0.2, 0.25) is 5.02 Å². The molecular weight excluding hydrogens is 384 g/mol. The van der Waals surface area contributed by atoms with Crippen LogP contribution in [0.5, 0.6) is 0 Å². The van der Waals surface area contributed by atoms with Crippen molar-refractivity contribution in [1.82, 2.24) is 19.6 Å². The molecule has 1 aromatic carbocycles. The highest BCUT2D eigenvalue weighted by molar-refractivity contribution is 6.30. The van der Waals surface area contributed by atoms with Gasteiger partial charge in [0.05, 0.1) is 23.6 Å². The molecule has 2 heterocycles. The zero-order valence-corrected chi connectivity index (χ0v) is 18.5. The molecule has 0 saturated heterocycles. The van der Waals surface area contributed by atoms with Crippen molar-refractivity contribution in [3.8, 4) is 5.69 Å². The molecule has 2 aromatic rings. The second-order valence-electron chi connectivity index (χ2n) is 8.99. The van der Waals surface area contributed by atoms with Crippen LogP contribution in [-0.4, -0.2) is 45.1 Å². The van der Waals surface area contributed by atoms with Crippen LogP contribution in [0, 0.1) is 11.8 Å². The maximum Gasteiger partial charge on any atom is 0.219 e. The lowest BCUT2D eigenvalue weighted by Crippen LogP contribution is -2.34. The smallest absolute Gasteiger partial charge is 0.219 e. The first-order valence-corrected chi connectivity index (χ1v) is 11.1. The quantitative estimate of drug-likeness (QED) is 0.678. The third kappa shape index (κ3) is 4.84. The molecule has 0 radical (unpaired) electrons. The van der Waals surface area contributed by atoms with Gasteiger partial charge in [-0.3, -0.25) is 9.69 Å². The number of aromatic nitrogens is 2. The summed E-state index contributed by atoms with van der Waals surface area (Å²) in [5.41, 5.74) is 4.58. The monoisotopic (exact) mass is 414 g/mol. The lowest BCUT2D eigenvalue weighted by atomic mass is 10.0. The molecule has 0 spiro atoms. The van der Waals surface area contributed by atoms with E-state index < -0.39 is 0 Å². The molecule has 1 fully saturated rings. The van der Waals surface area contributed by atoms with Gasteiger partial charge < -0.3 is 4.90 Å². The molecule has 6 heteroatoms. The number of fused-ring (bicyclic) bond motifs is 1. The second kappa shape index (κ2) is 8.49. The normalized spacial score (nSPS) is 16.9. The summed E-state index contributed by atoms with van der Waals surface area (Å²) < 4.78 is 2.05. The summed E-state index contributed by atoms with van der Waals surface area (Å²) in [5, 5.41) is 5.71. The molecule has 1 saturated carbocycles. The Morgan fingerprint density at radius 2 is 2.14 bits per heavy atom. The summed E-state index contributed by atoms with van der Waals surface area (Å²) in [5.74, 6) is 1.41. The fourth-order valence-corrected chi connectivity index (χ4v) is 4.42. The van der Waals surface area contributed by atoms with Crippen molar-refractivity contribution in [3.05, 3.63) is 46.2 Å². The highest BCUT2D eigenvalue weighted by Crippen LogP contribution is 2.33. The lowest BCUT2D eigenvalue weighted by Gasteiger charge is -2.28. The Morgan fingerprint density at radius 1 is 1.34 bits per heavy atom. The highest BCUT2D eigenvalue weighted by Gasteiger charge is 2.30. The standard InChI is InChI=1S/C23H31ClN4O/c1-16(2)12-27(17(3)29)15-22-21-14-26(13-18-7-8-18)10-9-23(21)28(25-22)20-6-4-5-19(24)11-20/h4-6,11,16,18H,7-10,12-15H2,1-3H3. The van der Waals surface area contributed by atoms with Crippen LogP contribution in [0.25, 0.3) is 5.69 Å². The van der Waals surface area contributed by atoms with E-state index in [-0.39, 0.29) is 5.91 Å². The van der Waals surface area contributed by atoms with Crippen LogP contribution >= 0.6 is 11.6 Å². The maximum absolute atomic E-state index is 12.3. The lowest BCUT2D eigenvalue weighted by molar-refractivity contribution is -0.130. The van der Waals surface area contributed by atoms with E-state index in [0.29, 0.717) is 17.5 Å². The Balaban J connectivity index is 1.68. The van der Waals surface area contributed by atoms with E-state index >= 15 is 0 Å². The molecule has 4 rings (SSSR count). The first kappa shape index (κ1) is 20.4. The van der Waals surface area contributed by atoms with Crippen molar-refractivity contribution in [1.29, 1.82) is 0 Å². The molecule has 0 N–H and O–H groups in total. The van der Waals surface area contributed by atoms with E-state index in [2.05, 4.69) is 29.5 Å². The number of benzene rings is 1. The molecule has 1 aliphatic heterocycles. The van der Waals surface area contributed by atoms with Gasteiger partial charge in [0, 0.05) is 50.1 Å². The van der Waals surface area contributed by atoms with Crippen molar-refractivity contribution in [2.45, 2.75) is 53.1 Å². The number of rotatable bonds is 7. The molecule has 0 atom stereocenters. The molecule has 0 bridgehead atoms. The van der Waals surface area contributed by atoms with Crippen molar-refractivity contribution >= 4 is 17.5 Å². The van der Waals surface area contributed by atoms with Gasteiger partial charge in [0.1, 0.15) is 0 Å². The Labute approximate surface area is 178 Å². The van der Waals surface area contributed by atoms with Crippen molar-refractivity contribution in [2.75, 3.05) is 19.6 Å². The summed E-state index contributed by atoms with van der Waals surface area (Å²) in [6, 6.07) is 7.87. The van der Waals surface area contributed by atoms with Gasteiger partial charge in [-0.25, -0.2) is 4.68 Å². The third-order valence-electron chi connectivity index (χ3n) is 5.86. The number of nitrogens with zero attached hydrogens (tertiary/aromatic N) is 4. The maximum atomic E-state index is 12.3. The first-order valence-electron chi connectivity index (χ1n) is 10.7. The van der Waals surface area contributed by atoms with Gasteiger partial charge in [-0.15, -0.1) is 0 Å². The van der Waals surface area contributed by atoms with Crippen LogP contribution in [0.3, 0.4) is 0 Å². The van der Waals surface area contributed by atoms with Crippen LogP contribution in [0.4, 0.5) is 0 Å². The Hall–Kier alpha value is -1.85. The minimum Gasteiger partial charge on any atom is -0.337 e. The van der Waals surface area contributed by atoms with E-state index in [4.69, 9.17) is 16.7 Å². The van der Waals surface area contributed by atoms with Gasteiger partial charge in [-0.2, -0.15) is 5.10 Å². The first-order chi connectivity index (χ1) is 13.9. The highest BCUT2D eigenvalue weighted by atomic mass is 35.5. The largest absolute Gasteiger partial charge is 0.337 e. The Morgan fingerprint density at radius 3 is 2.79 bits per heavy atom. The number of halogens is 1. The van der Waals surface area contributed by atoms with E-state index in [1.165, 1.54) is 30.6 Å². The van der Waals surface area contributed by atoms with Gasteiger partial charge in [0.15, 0.2) is 0 Å². The molecule has 2 aliphatic rings. The van der Waals surface area contributed by atoms with E-state index in [1.54, 1.807) is 6.92 Å². The zero-order chi connectivity index (χ0) is 20.5. The van der Waals surface area contributed by atoms with E-state index in [0.717, 1.165) is 43.4 Å². The Kier molecular flexibility index (Phi) is 5.98. The summed E-state index contributed by atoms with van der Waals surface area (Å²) in [6.07, 6.45) is 3.71. The minimum atomic E-state index is 0.107. The van der Waals surface area contributed by atoms with Gasteiger partial charge in [0.25, 0.3) is 0 Å². The fraction of sp³-hybridized carbons (Fsp3) is 0.565. The summed E-state index contributed by atoms with van der Waals surface area (Å²) >= 11 is 6.25. The van der Waals surface area contributed by atoms with Crippen LogP contribution in [0.15, 0.2) is 24.3 Å². The average Bonchev–Trinajstić information content (AvgIpc) is 3.41. The van der Waals surface area contributed by atoms with Crippen LogP contribution < -0.4 is 0 Å². The van der Waals surface area contributed by atoms with Crippen LogP contribution in [-0.2, 0) is 24.3 Å². The number of hydrogen-bond donors (Lipinski definition) is 0. The van der Waals surface area contributed by atoms with Crippen molar-refractivity contribution < 1.29 is 4.79 Å². The fourth-order valence-electron chi connectivity index (χ4n) is 4.24. The number of hydrogen-bond acceptors (Lipinski definition) is 3. The molecule has 5 nitrogen and oxygen atoms in total. The predicted octanol–water partition coefficient (Wildman–Crippen LogP) is 4.30. The number of carbonyl (C=O) groups excluding carboxylic acids is 1. The summed E-state index contributed by atoms with van der Waals surface area (Å²) in [4.78, 5) is 16.7. The van der Waals surface area contributed by atoms with Crippen molar-refractivity contribution in [3.63, 3.8) is 0 Å². The van der Waals surface area contributed by atoms with E-state index in [9.17, 15) is 4.79 Å². The molecule has 29 heavy (non-hydrogen) atoms. The average molecular weight is 415 g/mol. The van der Waals surface area contributed by atoms with Gasteiger partial charge >= 0.3 is 0 Å². The minimum absolute atomic E-state index is 0.107. The number of amides is 1. The Bertz CT molecular complexity index is 887. The molecule has 1 amide bonds. The van der Waals surface area contributed by atoms with Gasteiger partial charge in [-0.1, -0.05) is 31.5 Å². The SMILES string of the molecule is CC(=O)N(Cc1nn(-c2cccc(Cl)c2)c2c1CN(CC1CC1)CC2)CC(C)C. The van der Waals surface area contributed by atoms with Crippen LogP contribution in [0.1, 0.15) is 50.6 Å². The van der Waals surface area contributed by atoms with Gasteiger partial charge in [-0.05, 0) is 42.9 Å². The summed E-state index contributed by atoms with van der Waals surface area (Å²) in [7, 11) is 0. The van der Waals surface area contributed by atoms with Gasteiger partial charge in [0.2, 0.25) is 5.91 Å². The molecule has 0 unspecified atom stereocenters.